The average molecular weight is 294 g/mol. The third kappa shape index (κ3) is 3.86. The van der Waals surface area contributed by atoms with Crippen molar-refractivity contribution in [2.45, 2.75) is 49.9 Å². The Kier molecular flexibility index (Phi) is 5.52. The molecule has 1 heterocycles. The molecule has 0 aliphatic heterocycles. The van der Waals surface area contributed by atoms with Gasteiger partial charge >= 0.3 is 0 Å². The number of aromatic nitrogens is 1. The zero-order valence-electron chi connectivity index (χ0n) is 11.9. The number of rotatable bonds is 7. The quantitative estimate of drug-likeness (QED) is 0.692. The maximum absolute atomic E-state index is 4.57. The highest BCUT2D eigenvalue weighted by Crippen LogP contribution is 2.30. The Morgan fingerprint density at radius 3 is 2.89 bits per heavy atom. The summed E-state index contributed by atoms with van der Waals surface area (Å²) >= 11 is 3.49. The van der Waals surface area contributed by atoms with Crippen LogP contribution in [0, 0.1) is 0 Å². The molecule has 0 saturated carbocycles. The minimum absolute atomic E-state index is 0.588. The highest BCUT2D eigenvalue weighted by Gasteiger charge is 2.08. The molecule has 4 heteroatoms. The van der Waals surface area contributed by atoms with Crippen molar-refractivity contribution in [1.82, 2.24) is 4.98 Å². The molecule has 1 atom stereocenters. The number of fused-ring (bicyclic) bond motifs is 1. The van der Waals surface area contributed by atoms with Crippen LogP contribution in [0.3, 0.4) is 0 Å². The van der Waals surface area contributed by atoms with Gasteiger partial charge < -0.3 is 5.32 Å². The van der Waals surface area contributed by atoms with Gasteiger partial charge in [0.1, 0.15) is 0 Å². The number of hydrogen-bond donors (Lipinski definition) is 1. The lowest BCUT2D eigenvalue weighted by atomic mass is 10.1. The Bertz CT molecular complexity index is 522. The van der Waals surface area contributed by atoms with Crippen molar-refractivity contribution in [1.29, 1.82) is 0 Å². The Balaban J connectivity index is 2.11. The van der Waals surface area contributed by atoms with Crippen LogP contribution < -0.4 is 5.32 Å². The number of benzene rings is 1. The molecule has 104 valence electrons. The van der Waals surface area contributed by atoms with Crippen molar-refractivity contribution < 1.29 is 0 Å². The molecular weight excluding hydrogens is 272 g/mol. The van der Waals surface area contributed by atoms with E-state index >= 15 is 0 Å². The first kappa shape index (κ1) is 14.7. The molecule has 0 aliphatic rings. The van der Waals surface area contributed by atoms with Crippen molar-refractivity contribution in [2.24, 2.45) is 0 Å². The second kappa shape index (κ2) is 7.15. The summed E-state index contributed by atoms with van der Waals surface area (Å²) in [5.41, 5.74) is 2.34. The number of unbranched alkanes of at least 4 members (excludes halogenated alkanes) is 1. The van der Waals surface area contributed by atoms with E-state index < -0.39 is 0 Å². The Morgan fingerprint density at radius 1 is 1.37 bits per heavy atom. The number of nitrogens with one attached hydrogen (secondary N) is 1. The molecule has 0 spiro atoms. The van der Waals surface area contributed by atoms with Gasteiger partial charge in [-0.3, -0.25) is 0 Å². The Morgan fingerprint density at radius 2 is 2.21 bits per heavy atom. The molecule has 0 amide bonds. The summed E-state index contributed by atoms with van der Waals surface area (Å²) in [5.74, 6) is 0. The van der Waals surface area contributed by atoms with Crippen LogP contribution in [0.1, 0.15) is 39.5 Å². The third-order valence-corrected chi connectivity index (χ3v) is 5.32. The van der Waals surface area contributed by atoms with Crippen molar-refractivity contribution in [3.63, 3.8) is 0 Å². The average Bonchev–Trinajstić information content (AvgIpc) is 2.85. The van der Waals surface area contributed by atoms with E-state index in [2.05, 4.69) is 48.6 Å². The zero-order valence-corrected chi connectivity index (χ0v) is 13.5. The summed E-state index contributed by atoms with van der Waals surface area (Å²) in [5, 5.41) is 3.65. The minimum Gasteiger partial charge on any atom is -0.382 e. The van der Waals surface area contributed by atoms with E-state index in [-0.39, 0.29) is 0 Å². The lowest BCUT2D eigenvalue weighted by Gasteiger charge is -2.17. The number of nitrogens with zero attached hydrogens (tertiary/aromatic N) is 1. The van der Waals surface area contributed by atoms with Crippen LogP contribution in [0.4, 0.5) is 5.69 Å². The van der Waals surface area contributed by atoms with Crippen molar-refractivity contribution in [3.8, 4) is 0 Å². The summed E-state index contributed by atoms with van der Waals surface area (Å²) in [6.45, 7) is 4.50. The predicted molar refractivity (Wildman–Crippen MR) is 88.6 cm³/mol. The largest absolute Gasteiger partial charge is 0.382 e. The minimum atomic E-state index is 0.588. The monoisotopic (exact) mass is 294 g/mol. The first-order valence-electron chi connectivity index (χ1n) is 6.98. The molecule has 0 saturated heterocycles. The maximum Gasteiger partial charge on any atom is 0.150 e. The molecular formula is C15H22N2S2. The molecule has 0 aliphatic carbocycles. The van der Waals surface area contributed by atoms with Gasteiger partial charge in [-0.05, 0) is 37.3 Å². The fourth-order valence-corrected chi connectivity index (χ4v) is 3.67. The normalized spacial score (nSPS) is 12.8. The number of anilines is 1. The van der Waals surface area contributed by atoms with Crippen LogP contribution >= 0.6 is 23.1 Å². The standard InChI is InChI=1S/C15H22N2S2/c1-4-6-7-11(5-2)16-12-8-9-13-14(10-12)19-15(17-13)18-3/h8-11,16H,4-7H2,1-3H3. The molecule has 1 aromatic carbocycles. The molecule has 19 heavy (non-hydrogen) atoms. The van der Waals surface area contributed by atoms with Gasteiger partial charge in [-0.25, -0.2) is 4.98 Å². The lowest BCUT2D eigenvalue weighted by Crippen LogP contribution is -2.18. The van der Waals surface area contributed by atoms with Crippen LogP contribution in [0.25, 0.3) is 10.2 Å². The van der Waals surface area contributed by atoms with Gasteiger partial charge in [0.05, 0.1) is 10.2 Å². The summed E-state index contributed by atoms with van der Waals surface area (Å²) < 4.78 is 2.42. The predicted octanol–water partition coefficient (Wildman–Crippen LogP) is 5.40. The molecule has 0 bridgehead atoms. The first-order chi connectivity index (χ1) is 9.26. The SMILES string of the molecule is CCCCC(CC)Nc1ccc2nc(SC)sc2c1. The molecule has 2 aromatic rings. The lowest BCUT2D eigenvalue weighted by molar-refractivity contribution is 0.593. The van der Waals surface area contributed by atoms with Gasteiger partial charge in [0.2, 0.25) is 0 Å². The van der Waals surface area contributed by atoms with Crippen LogP contribution in [0.2, 0.25) is 0 Å². The van der Waals surface area contributed by atoms with Crippen LogP contribution in [-0.4, -0.2) is 17.3 Å². The maximum atomic E-state index is 4.57. The highest BCUT2D eigenvalue weighted by atomic mass is 32.2. The second-order valence-corrected chi connectivity index (χ2v) is 6.84. The van der Waals surface area contributed by atoms with Gasteiger partial charge in [-0.1, -0.05) is 38.5 Å². The molecule has 2 nitrogen and oxygen atoms in total. The van der Waals surface area contributed by atoms with Crippen LogP contribution in [0.5, 0.6) is 0 Å². The van der Waals surface area contributed by atoms with E-state index in [4.69, 9.17) is 0 Å². The van der Waals surface area contributed by atoms with E-state index in [1.165, 1.54) is 36.1 Å². The summed E-state index contributed by atoms with van der Waals surface area (Å²) in [6, 6.07) is 7.10. The van der Waals surface area contributed by atoms with E-state index in [1.807, 2.05) is 0 Å². The third-order valence-electron chi connectivity index (χ3n) is 3.31. The molecule has 1 N–H and O–H groups in total. The summed E-state index contributed by atoms with van der Waals surface area (Å²) in [6.07, 6.45) is 7.07. The number of hydrogen-bond acceptors (Lipinski definition) is 4. The van der Waals surface area contributed by atoms with Crippen molar-refractivity contribution in [2.75, 3.05) is 11.6 Å². The summed E-state index contributed by atoms with van der Waals surface area (Å²) in [7, 11) is 0. The van der Waals surface area contributed by atoms with Crippen LogP contribution in [0.15, 0.2) is 22.5 Å². The highest BCUT2D eigenvalue weighted by molar-refractivity contribution is 8.00. The van der Waals surface area contributed by atoms with Gasteiger partial charge in [0, 0.05) is 11.7 Å². The molecule has 0 radical (unpaired) electrons. The Hall–Kier alpha value is -0.740. The topological polar surface area (TPSA) is 24.9 Å². The second-order valence-electron chi connectivity index (χ2n) is 4.76. The smallest absolute Gasteiger partial charge is 0.150 e. The molecule has 0 fully saturated rings. The summed E-state index contributed by atoms with van der Waals surface area (Å²) in [4.78, 5) is 4.57. The van der Waals surface area contributed by atoms with Crippen molar-refractivity contribution in [3.05, 3.63) is 18.2 Å². The molecule has 1 unspecified atom stereocenters. The van der Waals surface area contributed by atoms with E-state index in [1.54, 1.807) is 23.1 Å². The molecule has 2 rings (SSSR count). The Labute approximate surface area is 124 Å². The van der Waals surface area contributed by atoms with Gasteiger partial charge in [-0.15, -0.1) is 11.3 Å². The number of thiazole rings is 1. The van der Waals surface area contributed by atoms with Gasteiger partial charge in [0.25, 0.3) is 0 Å². The molecule has 1 aromatic heterocycles. The fraction of sp³-hybridized carbons (Fsp3) is 0.533. The zero-order chi connectivity index (χ0) is 13.7. The van der Waals surface area contributed by atoms with E-state index in [9.17, 15) is 0 Å². The van der Waals surface area contributed by atoms with E-state index in [0.29, 0.717) is 6.04 Å². The fourth-order valence-electron chi connectivity index (χ4n) is 2.15. The van der Waals surface area contributed by atoms with E-state index in [0.717, 1.165) is 9.86 Å². The number of thioether (sulfide) groups is 1. The van der Waals surface area contributed by atoms with Crippen molar-refractivity contribution >= 4 is 39.0 Å². The van der Waals surface area contributed by atoms with Crippen LogP contribution in [-0.2, 0) is 0 Å². The van der Waals surface area contributed by atoms with Gasteiger partial charge in [-0.2, -0.15) is 0 Å². The first-order valence-corrected chi connectivity index (χ1v) is 9.02. The van der Waals surface area contributed by atoms with Gasteiger partial charge in [0.15, 0.2) is 4.34 Å².